The largest absolute Gasteiger partial charge is 0.372 e. The Kier molecular flexibility index (Phi) is 5.43. The van der Waals surface area contributed by atoms with Crippen LogP contribution in [0, 0.1) is 6.92 Å². The van der Waals surface area contributed by atoms with Crippen molar-refractivity contribution in [3.05, 3.63) is 45.8 Å². The minimum atomic E-state index is 0.776. The van der Waals surface area contributed by atoms with Gasteiger partial charge >= 0.3 is 0 Å². The number of anilines is 1. The summed E-state index contributed by atoms with van der Waals surface area (Å²) in [4.78, 5) is 10.4. The van der Waals surface area contributed by atoms with Gasteiger partial charge < -0.3 is 5.32 Å². The van der Waals surface area contributed by atoms with E-state index in [1.807, 2.05) is 7.05 Å². The molecule has 0 saturated carbocycles. The number of aromatic nitrogens is 2. The van der Waals surface area contributed by atoms with E-state index in [4.69, 9.17) is 0 Å². The van der Waals surface area contributed by atoms with Crippen LogP contribution in [0.15, 0.2) is 33.6 Å². The van der Waals surface area contributed by atoms with Crippen molar-refractivity contribution in [1.82, 2.24) is 9.97 Å². The first-order chi connectivity index (χ1) is 9.63. The predicted molar refractivity (Wildman–Crippen MR) is 89.4 cm³/mol. The van der Waals surface area contributed by atoms with Gasteiger partial charge in [-0.2, -0.15) is 0 Å². The van der Waals surface area contributed by atoms with Crippen LogP contribution < -0.4 is 5.32 Å². The molecular weight excluding hydrogens is 334 g/mol. The third kappa shape index (κ3) is 3.73. The zero-order valence-corrected chi connectivity index (χ0v) is 14.3. The molecule has 0 bridgehead atoms. The Bertz CT molecular complexity index is 576. The molecule has 0 spiro atoms. The number of hydrogen-bond donors (Lipinski definition) is 1. The Morgan fingerprint density at radius 2 is 2.10 bits per heavy atom. The molecule has 0 aliphatic rings. The molecule has 0 fully saturated rings. The molecule has 3 nitrogen and oxygen atoms in total. The standard InChI is InChI=1S/C15H18BrN3S/c1-4-12-14(16)15(17-3)19-13(18-12)9-20-11-7-5-6-10(2)8-11/h5-8H,4,9H2,1-3H3,(H,17,18,19). The number of halogens is 1. The fourth-order valence-corrected chi connectivity index (χ4v) is 3.39. The van der Waals surface area contributed by atoms with Gasteiger partial charge in [0.15, 0.2) is 0 Å². The third-order valence-electron chi connectivity index (χ3n) is 2.90. The Morgan fingerprint density at radius 3 is 2.75 bits per heavy atom. The fourth-order valence-electron chi connectivity index (χ4n) is 1.86. The lowest BCUT2D eigenvalue weighted by Gasteiger charge is -2.10. The number of rotatable bonds is 5. The van der Waals surface area contributed by atoms with Crippen molar-refractivity contribution in [1.29, 1.82) is 0 Å². The summed E-state index contributed by atoms with van der Waals surface area (Å²) < 4.78 is 0.965. The lowest BCUT2D eigenvalue weighted by atomic mass is 10.2. The van der Waals surface area contributed by atoms with Crippen LogP contribution in [-0.2, 0) is 12.2 Å². The Morgan fingerprint density at radius 1 is 1.30 bits per heavy atom. The SMILES string of the molecule is CCc1nc(CSc2cccc(C)c2)nc(NC)c1Br. The molecule has 1 aromatic heterocycles. The highest BCUT2D eigenvalue weighted by atomic mass is 79.9. The van der Waals surface area contributed by atoms with Gasteiger partial charge in [-0.05, 0) is 41.4 Å². The van der Waals surface area contributed by atoms with E-state index in [0.29, 0.717) is 0 Å². The summed E-state index contributed by atoms with van der Waals surface area (Å²) in [6, 6.07) is 8.49. The topological polar surface area (TPSA) is 37.8 Å². The molecule has 20 heavy (non-hydrogen) atoms. The Balaban J connectivity index is 2.17. The molecule has 0 aliphatic carbocycles. The highest BCUT2D eigenvalue weighted by Crippen LogP contribution is 2.27. The average Bonchev–Trinajstić information content (AvgIpc) is 2.46. The van der Waals surface area contributed by atoms with E-state index in [0.717, 1.165) is 34.0 Å². The molecule has 0 saturated heterocycles. The smallest absolute Gasteiger partial charge is 0.144 e. The molecule has 5 heteroatoms. The van der Waals surface area contributed by atoms with Crippen LogP contribution in [0.3, 0.4) is 0 Å². The van der Waals surface area contributed by atoms with Crippen LogP contribution in [0.5, 0.6) is 0 Å². The first-order valence-corrected chi connectivity index (χ1v) is 8.34. The van der Waals surface area contributed by atoms with Crippen LogP contribution >= 0.6 is 27.7 Å². The van der Waals surface area contributed by atoms with Crippen molar-refractivity contribution in [2.24, 2.45) is 0 Å². The van der Waals surface area contributed by atoms with E-state index in [-0.39, 0.29) is 0 Å². The monoisotopic (exact) mass is 351 g/mol. The van der Waals surface area contributed by atoms with E-state index in [9.17, 15) is 0 Å². The number of hydrogen-bond acceptors (Lipinski definition) is 4. The van der Waals surface area contributed by atoms with Gasteiger partial charge in [0.2, 0.25) is 0 Å². The summed E-state index contributed by atoms with van der Waals surface area (Å²) in [6.07, 6.45) is 0.889. The van der Waals surface area contributed by atoms with Crippen LogP contribution in [0.1, 0.15) is 24.0 Å². The van der Waals surface area contributed by atoms with Gasteiger partial charge in [0.1, 0.15) is 11.6 Å². The molecule has 1 heterocycles. The van der Waals surface area contributed by atoms with Crippen LogP contribution in [0.2, 0.25) is 0 Å². The van der Waals surface area contributed by atoms with E-state index >= 15 is 0 Å². The number of nitrogens with zero attached hydrogens (tertiary/aromatic N) is 2. The summed E-state index contributed by atoms with van der Waals surface area (Å²) in [7, 11) is 1.88. The van der Waals surface area contributed by atoms with E-state index in [2.05, 4.69) is 69.3 Å². The number of thioether (sulfide) groups is 1. The maximum absolute atomic E-state index is 4.62. The van der Waals surface area contributed by atoms with Crippen molar-refractivity contribution in [3.63, 3.8) is 0 Å². The van der Waals surface area contributed by atoms with Gasteiger partial charge in [0.25, 0.3) is 0 Å². The van der Waals surface area contributed by atoms with Gasteiger partial charge in [0, 0.05) is 11.9 Å². The van der Waals surface area contributed by atoms with Gasteiger partial charge in [-0.15, -0.1) is 11.8 Å². The number of aryl methyl sites for hydroxylation is 2. The molecule has 0 aliphatic heterocycles. The summed E-state index contributed by atoms with van der Waals surface area (Å²) in [5, 5.41) is 3.11. The molecule has 0 amide bonds. The number of benzene rings is 1. The van der Waals surface area contributed by atoms with Crippen molar-refractivity contribution >= 4 is 33.5 Å². The molecular formula is C15H18BrN3S. The normalized spacial score (nSPS) is 10.6. The maximum Gasteiger partial charge on any atom is 0.144 e. The molecule has 0 atom stereocenters. The Hall–Kier alpha value is -1.07. The lowest BCUT2D eigenvalue weighted by molar-refractivity contribution is 0.930. The summed E-state index contributed by atoms with van der Waals surface area (Å²) in [5.41, 5.74) is 2.32. The van der Waals surface area contributed by atoms with Crippen molar-refractivity contribution < 1.29 is 0 Å². The van der Waals surface area contributed by atoms with Gasteiger partial charge in [0.05, 0.1) is 15.9 Å². The second kappa shape index (κ2) is 7.09. The second-order valence-electron chi connectivity index (χ2n) is 4.46. The first kappa shape index (κ1) is 15.3. The molecule has 0 unspecified atom stereocenters. The van der Waals surface area contributed by atoms with E-state index in [1.165, 1.54) is 10.5 Å². The van der Waals surface area contributed by atoms with Crippen LogP contribution in [0.25, 0.3) is 0 Å². The van der Waals surface area contributed by atoms with Crippen LogP contribution in [0.4, 0.5) is 5.82 Å². The minimum absolute atomic E-state index is 0.776. The minimum Gasteiger partial charge on any atom is -0.372 e. The highest BCUT2D eigenvalue weighted by Gasteiger charge is 2.10. The highest BCUT2D eigenvalue weighted by molar-refractivity contribution is 9.10. The Labute approximate surface area is 132 Å². The fraction of sp³-hybridized carbons (Fsp3) is 0.333. The summed E-state index contributed by atoms with van der Waals surface area (Å²) in [5.74, 6) is 2.50. The second-order valence-corrected chi connectivity index (χ2v) is 6.30. The molecule has 2 rings (SSSR count). The van der Waals surface area contributed by atoms with Crippen molar-refractivity contribution in [2.45, 2.75) is 30.9 Å². The predicted octanol–water partition coefficient (Wildman–Crippen LogP) is 4.44. The quantitative estimate of drug-likeness (QED) is 0.807. The van der Waals surface area contributed by atoms with E-state index in [1.54, 1.807) is 11.8 Å². The van der Waals surface area contributed by atoms with Crippen molar-refractivity contribution in [2.75, 3.05) is 12.4 Å². The molecule has 1 N–H and O–H groups in total. The maximum atomic E-state index is 4.62. The zero-order valence-electron chi connectivity index (χ0n) is 11.9. The van der Waals surface area contributed by atoms with Crippen LogP contribution in [-0.4, -0.2) is 17.0 Å². The summed E-state index contributed by atoms with van der Waals surface area (Å²) in [6.45, 7) is 4.21. The lowest BCUT2D eigenvalue weighted by Crippen LogP contribution is -2.04. The van der Waals surface area contributed by atoms with Gasteiger partial charge in [-0.1, -0.05) is 24.6 Å². The molecule has 1 aromatic carbocycles. The number of nitrogens with one attached hydrogen (secondary N) is 1. The van der Waals surface area contributed by atoms with Crippen molar-refractivity contribution in [3.8, 4) is 0 Å². The zero-order chi connectivity index (χ0) is 14.5. The summed E-state index contributed by atoms with van der Waals surface area (Å²) >= 11 is 5.31. The first-order valence-electron chi connectivity index (χ1n) is 6.56. The van der Waals surface area contributed by atoms with E-state index < -0.39 is 0 Å². The third-order valence-corrected chi connectivity index (χ3v) is 4.72. The molecule has 106 valence electrons. The van der Waals surface area contributed by atoms with Gasteiger partial charge in [-0.3, -0.25) is 0 Å². The molecule has 2 aromatic rings. The van der Waals surface area contributed by atoms with Gasteiger partial charge in [-0.25, -0.2) is 9.97 Å². The molecule has 0 radical (unpaired) electrons. The average molecular weight is 352 g/mol.